The molecular formula is C15H16O5. The van der Waals surface area contributed by atoms with Crippen molar-refractivity contribution in [1.29, 1.82) is 0 Å². The molecule has 5 heteroatoms. The number of hydrogen-bond acceptors (Lipinski definition) is 5. The molecule has 0 atom stereocenters. The lowest BCUT2D eigenvalue weighted by molar-refractivity contribution is 0.384. The van der Waals surface area contributed by atoms with Gasteiger partial charge in [0.1, 0.15) is 11.3 Å². The Hall–Kier alpha value is -2.43. The first-order chi connectivity index (χ1) is 9.63. The zero-order chi connectivity index (χ0) is 14.5. The van der Waals surface area contributed by atoms with E-state index in [9.17, 15) is 15.0 Å². The summed E-state index contributed by atoms with van der Waals surface area (Å²) in [5.74, 6) is -0.597. The highest BCUT2D eigenvalue weighted by molar-refractivity contribution is 5.86. The van der Waals surface area contributed by atoms with Gasteiger partial charge >= 0.3 is 5.63 Å². The minimum absolute atomic E-state index is 0.0480. The zero-order valence-electron chi connectivity index (χ0n) is 11.1. The molecule has 0 aliphatic heterocycles. The number of ether oxygens (including phenoxy) is 1. The van der Waals surface area contributed by atoms with E-state index in [4.69, 9.17) is 9.15 Å². The number of fused-ring (bicyclic) bond motifs is 1. The molecule has 1 aromatic carbocycles. The molecule has 1 aromatic heterocycles. The van der Waals surface area contributed by atoms with Crippen molar-refractivity contribution in [2.75, 3.05) is 0 Å². The van der Waals surface area contributed by atoms with Crippen molar-refractivity contribution in [3.63, 3.8) is 0 Å². The molecule has 0 aliphatic carbocycles. The van der Waals surface area contributed by atoms with Crippen LogP contribution in [0.2, 0.25) is 0 Å². The third-order valence-corrected chi connectivity index (χ3v) is 2.83. The molecule has 0 bridgehead atoms. The van der Waals surface area contributed by atoms with E-state index in [1.54, 1.807) is 6.08 Å². The van der Waals surface area contributed by atoms with E-state index in [-0.39, 0.29) is 22.8 Å². The van der Waals surface area contributed by atoms with E-state index in [0.717, 1.165) is 19.3 Å². The molecule has 5 nitrogen and oxygen atoms in total. The summed E-state index contributed by atoms with van der Waals surface area (Å²) in [4.78, 5) is 11.7. The van der Waals surface area contributed by atoms with Gasteiger partial charge in [0.25, 0.3) is 5.75 Å². The summed E-state index contributed by atoms with van der Waals surface area (Å²) < 4.78 is 10.2. The van der Waals surface area contributed by atoms with Crippen molar-refractivity contribution in [3.05, 3.63) is 41.0 Å². The van der Waals surface area contributed by atoms with Gasteiger partial charge in [-0.05, 0) is 31.1 Å². The number of phenols is 1. The predicted octanol–water partition coefficient (Wildman–Crippen LogP) is 3.29. The highest BCUT2D eigenvalue weighted by Gasteiger charge is 2.15. The summed E-state index contributed by atoms with van der Waals surface area (Å²) in [7, 11) is 0. The maximum atomic E-state index is 11.7. The van der Waals surface area contributed by atoms with E-state index < -0.39 is 5.63 Å². The van der Waals surface area contributed by atoms with Crippen LogP contribution < -0.4 is 10.4 Å². The molecule has 0 aliphatic rings. The van der Waals surface area contributed by atoms with Crippen LogP contribution in [-0.2, 0) is 0 Å². The third-order valence-electron chi connectivity index (χ3n) is 2.83. The van der Waals surface area contributed by atoms with Crippen LogP contribution in [0.25, 0.3) is 11.0 Å². The second kappa shape index (κ2) is 6.14. The number of benzene rings is 1. The van der Waals surface area contributed by atoms with Crippen molar-refractivity contribution in [1.82, 2.24) is 0 Å². The van der Waals surface area contributed by atoms with E-state index in [1.165, 1.54) is 24.5 Å². The maximum Gasteiger partial charge on any atom is 0.383 e. The number of rotatable bonds is 5. The normalized spacial score (nSPS) is 11.2. The number of allylic oxidation sites excluding steroid dienone is 1. The van der Waals surface area contributed by atoms with Gasteiger partial charge in [0.2, 0.25) is 0 Å². The Morgan fingerprint density at radius 3 is 2.90 bits per heavy atom. The summed E-state index contributed by atoms with van der Waals surface area (Å²) >= 11 is 0. The van der Waals surface area contributed by atoms with Crippen LogP contribution in [0.5, 0.6) is 17.2 Å². The van der Waals surface area contributed by atoms with Crippen LogP contribution in [0.1, 0.15) is 26.2 Å². The summed E-state index contributed by atoms with van der Waals surface area (Å²) in [5.41, 5.74) is -0.685. The summed E-state index contributed by atoms with van der Waals surface area (Å²) in [5, 5.41) is 19.6. The topological polar surface area (TPSA) is 79.9 Å². The third kappa shape index (κ3) is 2.93. The first kappa shape index (κ1) is 14.0. The molecule has 0 radical (unpaired) electrons. The van der Waals surface area contributed by atoms with E-state index in [0.29, 0.717) is 5.39 Å². The van der Waals surface area contributed by atoms with Gasteiger partial charge in [-0.2, -0.15) is 0 Å². The van der Waals surface area contributed by atoms with Gasteiger partial charge in [-0.15, -0.1) is 0 Å². The lowest BCUT2D eigenvalue weighted by Gasteiger charge is -2.05. The first-order valence-electron chi connectivity index (χ1n) is 6.44. The molecule has 0 saturated carbocycles. The zero-order valence-corrected chi connectivity index (χ0v) is 11.1. The Balaban J connectivity index is 2.32. The average molecular weight is 276 g/mol. The van der Waals surface area contributed by atoms with Gasteiger partial charge in [-0.3, -0.25) is 0 Å². The van der Waals surface area contributed by atoms with Crippen molar-refractivity contribution < 1.29 is 19.4 Å². The van der Waals surface area contributed by atoms with Crippen LogP contribution in [0.3, 0.4) is 0 Å². The van der Waals surface area contributed by atoms with E-state index >= 15 is 0 Å². The molecule has 106 valence electrons. The maximum absolute atomic E-state index is 11.7. The summed E-state index contributed by atoms with van der Waals surface area (Å²) in [6, 6.07) is 4.11. The molecule has 2 aromatic rings. The number of hydrogen-bond donors (Lipinski definition) is 2. The fourth-order valence-corrected chi connectivity index (χ4v) is 1.77. The fourth-order valence-electron chi connectivity index (χ4n) is 1.77. The van der Waals surface area contributed by atoms with Gasteiger partial charge in [-0.25, -0.2) is 4.79 Å². The first-order valence-corrected chi connectivity index (χ1v) is 6.44. The molecule has 0 amide bonds. The Morgan fingerprint density at radius 2 is 2.15 bits per heavy atom. The van der Waals surface area contributed by atoms with Gasteiger partial charge in [0.05, 0.1) is 11.6 Å². The second-order valence-corrected chi connectivity index (χ2v) is 4.38. The largest absolute Gasteiger partial charge is 0.508 e. The average Bonchev–Trinajstić information content (AvgIpc) is 2.41. The molecule has 20 heavy (non-hydrogen) atoms. The highest BCUT2D eigenvalue weighted by Crippen LogP contribution is 2.32. The Morgan fingerprint density at radius 1 is 1.35 bits per heavy atom. The van der Waals surface area contributed by atoms with Crippen molar-refractivity contribution in [3.8, 4) is 17.2 Å². The fraction of sp³-hybridized carbons (Fsp3) is 0.267. The molecule has 0 spiro atoms. The Kier molecular flexibility index (Phi) is 4.30. The van der Waals surface area contributed by atoms with Gasteiger partial charge in [-0.1, -0.05) is 13.3 Å². The molecule has 0 saturated heterocycles. The lowest BCUT2D eigenvalue weighted by Crippen LogP contribution is -2.03. The van der Waals surface area contributed by atoms with E-state index in [1.807, 2.05) is 0 Å². The van der Waals surface area contributed by atoms with Gasteiger partial charge < -0.3 is 19.4 Å². The van der Waals surface area contributed by atoms with Gasteiger partial charge in [0, 0.05) is 6.07 Å². The molecular weight excluding hydrogens is 260 g/mol. The van der Waals surface area contributed by atoms with Crippen molar-refractivity contribution in [2.45, 2.75) is 26.2 Å². The second-order valence-electron chi connectivity index (χ2n) is 4.38. The Bertz CT molecular complexity index is 684. The minimum atomic E-state index is -0.791. The molecule has 1 heterocycles. The van der Waals surface area contributed by atoms with Crippen LogP contribution in [0.4, 0.5) is 0 Å². The molecule has 2 rings (SSSR count). The van der Waals surface area contributed by atoms with Crippen LogP contribution in [0.15, 0.2) is 39.7 Å². The van der Waals surface area contributed by atoms with E-state index in [2.05, 4.69) is 6.92 Å². The SMILES string of the molecule is CCCC/C=C/Oc1c(O)c2ccc(O)cc2oc1=O. The minimum Gasteiger partial charge on any atom is -0.508 e. The predicted molar refractivity (Wildman–Crippen MR) is 75.1 cm³/mol. The quantitative estimate of drug-likeness (QED) is 0.497. The molecule has 0 unspecified atom stereocenters. The van der Waals surface area contributed by atoms with Crippen molar-refractivity contribution >= 4 is 11.0 Å². The highest BCUT2D eigenvalue weighted by atomic mass is 16.5. The van der Waals surface area contributed by atoms with Gasteiger partial charge in [0.15, 0.2) is 5.75 Å². The van der Waals surface area contributed by atoms with Crippen molar-refractivity contribution in [2.24, 2.45) is 0 Å². The van der Waals surface area contributed by atoms with Crippen LogP contribution >= 0.6 is 0 Å². The standard InChI is InChI=1S/C15H16O5/c1-2-3-4-5-8-19-14-13(17)11-7-6-10(16)9-12(11)20-15(14)18/h5-9,16-17H,2-4H2,1H3/b8-5+. The number of unbranched alkanes of at least 4 members (excludes halogenated alkanes) is 2. The number of phenolic OH excluding ortho intramolecular Hbond substituents is 1. The smallest absolute Gasteiger partial charge is 0.383 e. The molecule has 0 fully saturated rings. The Labute approximate surface area is 115 Å². The van der Waals surface area contributed by atoms with Crippen LogP contribution in [0, 0.1) is 0 Å². The monoisotopic (exact) mass is 276 g/mol. The number of aromatic hydroxyl groups is 2. The van der Waals surface area contributed by atoms with Crippen LogP contribution in [-0.4, -0.2) is 10.2 Å². The molecule has 2 N–H and O–H groups in total. The summed E-state index contributed by atoms with van der Waals surface area (Å²) in [6.07, 6.45) is 6.08. The summed E-state index contributed by atoms with van der Waals surface area (Å²) in [6.45, 7) is 2.08. The lowest BCUT2D eigenvalue weighted by atomic mass is 10.2.